The maximum atomic E-state index is 12.6. The van der Waals surface area contributed by atoms with E-state index in [9.17, 15) is 9.59 Å². The van der Waals surface area contributed by atoms with Gasteiger partial charge in [-0.1, -0.05) is 23.7 Å². The molecule has 5 nitrogen and oxygen atoms in total. The Morgan fingerprint density at radius 1 is 1.07 bits per heavy atom. The van der Waals surface area contributed by atoms with Gasteiger partial charge in [0.25, 0.3) is 0 Å². The lowest BCUT2D eigenvalue weighted by atomic mass is 9.99. The molecule has 0 saturated carbocycles. The summed E-state index contributed by atoms with van der Waals surface area (Å²) < 4.78 is 11.3. The van der Waals surface area contributed by atoms with E-state index in [1.807, 2.05) is 42.2 Å². The Morgan fingerprint density at radius 2 is 1.80 bits per heavy atom. The molecule has 6 heteroatoms. The molecule has 1 aliphatic heterocycles. The van der Waals surface area contributed by atoms with Crippen LogP contribution in [0, 0.1) is 6.92 Å². The molecule has 0 unspecified atom stereocenters. The van der Waals surface area contributed by atoms with E-state index in [2.05, 4.69) is 0 Å². The van der Waals surface area contributed by atoms with Crippen LogP contribution in [0.25, 0.3) is 33.1 Å². The smallest absolute Gasteiger partial charge is 0.340 e. The molecule has 1 amide bonds. The lowest BCUT2D eigenvalue weighted by molar-refractivity contribution is -0.129. The second-order valence-electron chi connectivity index (χ2n) is 7.76. The summed E-state index contributed by atoms with van der Waals surface area (Å²) in [5.74, 6) is -0.0199. The lowest BCUT2D eigenvalue weighted by Gasteiger charge is -2.15. The number of aryl methyl sites for hydroxylation is 1. The van der Waals surface area contributed by atoms with E-state index in [4.69, 9.17) is 20.4 Å². The molecular weight excluding hydrogens is 402 g/mol. The fourth-order valence-corrected chi connectivity index (χ4v) is 4.32. The van der Waals surface area contributed by atoms with Crippen LogP contribution in [0.15, 0.2) is 56.3 Å². The van der Waals surface area contributed by atoms with Crippen LogP contribution < -0.4 is 5.63 Å². The standard InChI is InChI=1S/C24H20ClNO4/c1-14-17-10-19-20(15-4-6-16(25)7-5-15)13-29-21(19)12-22(17)30-24(28)18(14)11-23(27)26-8-2-3-9-26/h4-7,10,12-13H,2-3,8-9,11H2,1H3. The number of furan rings is 1. The molecule has 1 aliphatic rings. The Morgan fingerprint density at radius 3 is 2.53 bits per heavy atom. The van der Waals surface area contributed by atoms with Gasteiger partial charge in [-0.25, -0.2) is 4.79 Å². The summed E-state index contributed by atoms with van der Waals surface area (Å²) in [4.78, 5) is 27.1. The Labute approximate surface area is 177 Å². The van der Waals surface area contributed by atoms with E-state index in [-0.39, 0.29) is 12.3 Å². The molecule has 5 rings (SSSR count). The third kappa shape index (κ3) is 3.19. The summed E-state index contributed by atoms with van der Waals surface area (Å²) in [6.45, 7) is 3.40. The van der Waals surface area contributed by atoms with Crippen molar-refractivity contribution < 1.29 is 13.6 Å². The third-order valence-electron chi connectivity index (χ3n) is 5.92. The van der Waals surface area contributed by atoms with Crippen molar-refractivity contribution in [1.82, 2.24) is 4.90 Å². The number of amides is 1. The SMILES string of the molecule is Cc1c(CC(=O)N2CCCC2)c(=O)oc2cc3occ(-c4ccc(Cl)cc4)c3cc12. The van der Waals surface area contributed by atoms with Crippen molar-refractivity contribution in [2.45, 2.75) is 26.2 Å². The van der Waals surface area contributed by atoms with Crippen molar-refractivity contribution in [3.8, 4) is 11.1 Å². The van der Waals surface area contributed by atoms with Crippen LogP contribution in [0.1, 0.15) is 24.0 Å². The molecule has 30 heavy (non-hydrogen) atoms. The van der Waals surface area contributed by atoms with Crippen LogP contribution in [0.4, 0.5) is 0 Å². The highest BCUT2D eigenvalue weighted by Gasteiger charge is 2.22. The molecule has 0 N–H and O–H groups in total. The summed E-state index contributed by atoms with van der Waals surface area (Å²) in [5, 5.41) is 2.39. The fourth-order valence-electron chi connectivity index (χ4n) is 4.20. The Bertz CT molecular complexity index is 1330. The highest BCUT2D eigenvalue weighted by atomic mass is 35.5. The first-order valence-electron chi connectivity index (χ1n) is 10.0. The Hall–Kier alpha value is -3.05. The van der Waals surface area contributed by atoms with Crippen LogP contribution in [-0.4, -0.2) is 23.9 Å². The molecule has 2 aromatic carbocycles. The first-order valence-corrected chi connectivity index (χ1v) is 10.4. The minimum Gasteiger partial charge on any atom is -0.464 e. The molecular formula is C24H20ClNO4. The highest BCUT2D eigenvalue weighted by Crippen LogP contribution is 2.35. The van der Waals surface area contributed by atoms with Gasteiger partial charge in [0.2, 0.25) is 5.91 Å². The van der Waals surface area contributed by atoms with Gasteiger partial charge in [-0.3, -0.25) is 4.79 Å². The molecule has 1 fully saturated rings. The Balaban J connectivity index is 1.62. The molecule has 152 valence electrons. The lowest BCUT2D eigenvalue weighted by Crippen LogP contribution is -2.31. The van der Waals surface area contributed by atoms with Crippen molar-refractivity contribution in [2.24, 2.45) is 0 Å². The average Bonchev–Trinajstić information content (AvgIpc) is 3.40. The van der Waals surface area contributed by atoms with Crippen LogP contribution >= 0.6 is 11.6 Å². The summed E-state index contributed by atoms with van der Waals surface area (Å²) in [6, 6.07) is 11.3. The number of fused-ring (bicyclic) bond motifs is 2. The zero-order chi connectivity index (χ0) is 20.8. The molecule has 0 atom stereocenters. The largest absolute Gasteiger partial charge is 0.464 e. The fraction of sp³-hybridized carbons (Fsp3) is 0.250. The average molecular weight is 422 g/mol. The quantitative estimate of drug-likeness (QED) is 0.419. The van der Waals surface area contributed by atoms with Crippen LogP contribution in [-0.2, 0) is 11.2 Å². The molecule has 0 aliphatic carbocycles. The van der Waals surface area contributed by atoms with Gasteiger partial charge in [0.15, 0.2) is 0 Å². The van der Waals surface area contributed by atoms with E-state index in [1.165, 1.54) is 0 Å². The molecule has 0 radical (unpaired) electrons. The zero-order valence-electron chi connectivity index (χ0n) is 16.5. The van der Waals surface area contributed by atoms with Crippen LogP contribution in [0.5, 0.6) is 0 Å². The third-order valence-corrected chi connectivity index (χ3v) is 6.18. The first-order chi connectivity index (χ1) is 14.5. The van der Waals surface area contributed by atoms with E-state index in [1.54, 1.807) is 12.3 Å². The maximum Gasteiger partial charge on any atom is 0.340 e. The summed E-state index contributed by atoms with van der Waals surface area (Å²) in [5.41, 5.74) is 3.75. The van der Waals surface area contributed by atoms with E-state index >= 15 is 0 Å². The van der Waals surface area contributed by atoms with Gasteiger partial charge in [-0.05, 0) is 49.1 Å². The second-order valence-corrected chi connectivity index (χ2v) is 8.19. The number of benzene rings is 2. The number of carbonyl (C=O) groups excluding carboxylic acids is 1. The van der Waals surface area contributed by atoms with Gasteiger partial charge in [0, 0.05) is 40.5 Å². The van der Waals surface area contributed by atoms with Crippen LogP contribution in [0.3, 0.4) is 0 Å². The molecule has 4 aromatic rings. The van der Waals surface area contributed by atoms with Gasteiger partial charge in [0.05, 0.1) is 18.2 Å². The van der Waals surface area contributed by atoms with Crippen molar-refractivity contribution in [2.75, 3.05) is 13.1 Å². The second kappa shape index (κ2) is 7.33. The predicted molar refractivity (Wildman–Crippen MR) is 117 cm³/mol. The van der Waals surface area contributed by atoms with Gasteiger partial charge >= 0.3 is 5.63 Å². The van der Waals surface area contributed by atoms with Gasteiger partial charge in [-0.2, -0.15) is 0 Å². The number of halogens is 1. The summed E-state index contributed by atoms with van der Waals surface area (Å²) in [6.07, 6.45) is 3.79. The normalized spacial score (nSPS) is 14.1. The summed E-state index contributed by atoms with van der Waals surface area (Å²) >= 11 is 6.01. The van der Waals surface area contributed by atoms with E-state index in [0.717, 1.165) is 53.4 Å². The number of carbonyl (C=O) groups is 1. The van der Waals surface area contributed by atoms with E-state index < -0.39 is 5.63 Å². The first kappa shape index (κ1) is 18.9. The highest BCUT2D eigenvalue weighted by molar-refractivity contribution is 6.30. The van der Waals surface area contributed by atoms with E-state index in [0.29, 0.717) is 21.8 Å². The van der Waals surface area contributed by atoms with Crippen LogP contribution in [0.2, 0.25) is 5.02 Å². The van der Waals surface area contributed by atoms with Crippen molar-refractivity contribution in [3.05, 3.63) is 69.2 Å². The minimum atomic E-state index is -0.462. The monoisotopic (exact) mass is 421 g/mol. The molecule has 0 bridgehead atoms. The zero-order valence-corrected chi connectivity index (χ0v) is 17.3. The van der Waals surface area contributed by atoms with Gasteiger partial charge in [0.1, 0.15) is 11.2 Å². The number of hydrogen-bond acceptors (Lipinski definition) is 4. The van der Waals surface area contributed by atoms with Crippen molar-refractivity contribution in [1.29, 1.82) is 0 Å². The number of rotatable bonds is 3. The molecule has 0 spiro atoms. The topological polar surface area (TPSA) is 63.7 Å². The summed E-state index contributed by atoms with van der Waals surface area (Å²) in [7, 11) is 0. The predicted octanol–water partition coefficient (Wildman–Crippen LogP) is 5.33. The number of hydrogen-bond donors (Lipinski definition) is 0. The maximum absolute atomic E-state index is 12.6. The number of likely N-dealkylation sites (tertiary alicyclic amines) is 1. The molecule has 1 saturated heterocycles. The van der Waals surface area contributed by atoms with Crippen molar-refractivity contribution in [3.63, 3.8) is 0 Å². The van der Waals surface area contributed by atoms with Gasteiger partial charge < -0.3 is 13.7 Å². The van der Waals surface area contributed by atoms with Gasteiger partial charge in [-0.15, -0.1) is 0 Å². The Kier molecular flexibility index (Phi) is 4.63. The minimum absolute atomic E-state index is 0.0199. The van der Waals surface area contributed by atoms with Crippen molar-refractivity contribution >= 4 is 39.4 Å². The number of nitrogens with zero attached hydrogens (tertiary/aromatic N) is 1. The molecule has 2 aromatic heterocycles. The molecule has 3 heterocycles.